The summed E-state index contributed by atoms with van der Waals surface area (Å²) in [4.78, 5) is 42.0. The lowest BCUT2D eigenvalue weighted by Gasteiger charge is -2.11. The molecule has 0 fully saturated rings. The normalized spacial score (nSPS) is 10.7. The Morgan fingerprint density at radius 3 is 2.64 bits per heavy atom. The Morgan fingerprint density at radius 1 is 0.970 bits per heavy atom. The van der Waals surface area contributed by atoms with Gasteiger partial charge in [-0.25, -0.2) is 19.9 Å². The molecule has 3 N–H and O–H groups in total. The molecular formula is C23H24N8O2. The standard InChI is InChI=1S/C23H24N8O2/c1-15-7-8-24-19(11-15)30-21-12-20(28-16(2)29-21)25-9-10-26-22(32)13-31-14-27-18-6-4-3-5-17(18)23(31)33/h3-8,11-12,14H,9-10,13H2,1-2H3,(H,26,32)(H2,24,25,28,29,30). The third kappa shape index (κ3) is 5.67. The van der Waals surface area contributed by atoms with Crippen LogP contribution in [0.4, 0.5) is 17.5 Å². The van der Waals surface area contributed by atoms with Crippen LogP contribution in [-0.4, -0.2) is 43.5 Å². The van der Waals surface area contributed by atoms with Crippen molar-refractivity contribution < 1.29 is 4.79 Å². The van der Waals surface area contributed by atoms with Crippen LogP contribution in [0.5, 0.6) is 0 Å². The lowest BCUT2D eigenvalue weighted by atomic mass is 10.2. The average Bonchev–Trinajstić information content (AvgIpc) is 2.78. The van der Waals surface area contributed by atoms with Gasteiger partial charge in [0, 0.05) is 25.4 Å². The van der Waals surface area contributed by atoms with E-state index in [0.717, 1.165) is 5.56 Å². The molecule has 0 aliphatic carbocycles. The summed E-state index contributed by atoms with van der Waals surface area (Å²) in [7, 11) is 0. The molecule has 10 nitrogen and oxygen atoms in total. The van der Waals surface area contributed by atoms with Crippen LogP contribution in [0.2, 0.25) is 0 Å². The second kappa shape index (κ2) is 9.86. The summed E-state index contributed by atoms with van der Waals surface area (Å²) >= 11 is 0. The maximum Gasteiger partial charge on any atom is 0.261 e. The van der Waals surface area contributed by atoms with Gasteiger partial charge in [-0.05, 0) is 43.7 Å². The monoisotopic (exact) mass is 444 g/mol. The second-order valence-corrected chi connectivity index (χ2v) is 7.50. The zero-order valence-electron chi connectivity index (χ0n) is 18.4. The lowest BCUT2D eigenvalue weighted by Crippen LogP contribution is -2.35. The molecule has 10 heteroatoms. The average molecular weight is 444 g/mol. The fourth-order valence-electron chi connectivity index (χ4n) is 3.28. The van der Waals surface area contributed by atoms with E-state index in [-0.39, 0.29) is 18.0 Å². The third-order valence-electron chi connectivity index (χ3n) is 4.81. The van der Waals surface area contributed by atoms with Crippen molar-refractivity contribution in [2.24, 2.45) is 0 Å². The Balaban J connectivity index is 1.30. The van der Waals surface area contributed by atoms with Crippen molar-refractivity contribution in [3.05, 3.63) is 76.7 Å². The van der Waals surface area contributed by atoms with Gasteiger partial charge < -0.3 is 16.0 Å². The van der Waals surface area contributed by atoms with Gasteiger partial charge in [-0.2, -0.15) is 0 Å². The van der Waals surface area contributed by atoms with Crippen LogP contribution in [0.1, 0.15) is 11.4 Å². The quantitative estimate of drug-likeness (QED) is 0.353. The number of aromatic nitrogens is 5. The highest BCUT2D eigenvalue weighted by Crippen LogP contribution is 2.16. The van der Waals surface area contributed by atoms with Crippen LogP contribution in [0, 0.1) is 13.8 Å². The molecule has 1 amide bonds. The first-order valence-corrected chi connectivity index (χ1v) is 10.5. The fraction of sp³-hybridized carbons (Fsp3) is 0.217. The van der Waals surface area contributed by atoms with Crippen molar-refractivity contribution in [2.75, 3.05) is 23.7 Å². The number of rotatable bonds is 8. The lowest BCUT2D eigenvalue weighted by molar-refractivity contribution is -0.121. The number of carbonyl (C=O) groups is 1. The van der Waals surface area contributed by atoms with Crippen molar-refractivity contribution in [2.45, 2.75) is 20.4 Å². The SMILES string of the molecule is Cc1ccnc(Nc2cc(NCCNC(=O)Cn3cnc4ccccc4c3=O)nc(C)n2)c1. The smallest absolute Gasteiger partial charge is 0.261 e. The van der Waals surface area contributed by atoms with E-state index in [2.05, 4.69) is 35.9 Å². The topological polar surface area (TPSA) is 127 Å². The molecule has 168 valence electrons. The number of pyridine rings is 1. The van der Waals surface area contributed by atoms with Crippen molar-refractivity contribution >= 4 is 34.3 Å². The molecular weight excluding hydrogens is 420 g/mol. The first-order valence-electron chi connectivity index (χ1n) is 10.5. The van der Waals surface area contributed by atoms with E-state index in [1.807, 2.05) is 25.1 Å². The number of amides is 1. The molecule has 0 atom stereocenters. The predicted octanol–water partition coefficient (Wildman–Crippen LogP) is 2.17. The summed E-state index contributed by atoms with van der Waals surface area (Å²) in [6, 6.07) is 12.7. The molecule has 3 heterocycles. The van der Waals surface area contributed by atoms with Gasteiger partial charge in [0.15, 0.2) is 0 Å². The number of nitrogens with one attached hydrogen (secondary N) is 3. The Hall–Kier alpha value is -4.34. The van der Waals surface area contributed by atoms with Crippen molar-refractivity contribution in [1.82, 2.24) is 29.8 Å². The number of benzene rings is 1. The molecule has 4 rings (SSSR count). The summed E-state index contributed by atoms with van der Waals surface area (Å²) < 4.78 is 1.30. The third-order valence-corrected chi connectivity index (χ3v) is 4.81. The van der Waals surface area contributed by atoms with Gasteiger partial charge in [0.05, 0.1) is 17.2 Å². The molecule has 0 saturated heterocycles. The van der Waals surface area contributed by atoms with E-state index in [9.17, 15) is 9.59 Å². The zero-order valence-corrected chi connectivity index (χ0v) is 18.4. The van der Waals surface area contributed by atoms with E-state index < -0.39 is 0 Å². The minimum atomic E-state index is -0.275. The maximum atomic E-state index is 12.5. The summed E-state index contributed by atoms with van der Waals surface area (Å²) in [6.45, 7) is 4.51. The van der Waals surface area contributed by atoms with Crippen LogP contribution < -0.4 is 21.5 Å². The number of hydrogen-bond donors (Lipinski definition) is 3. The van der Waals surface area contributed by atoms with Gasteiger partial charge in [-0.15, -0.1) is 0 Å². The van der Waals surface area contributed by atoms with E-state index in [1.165, 1.54) is 10.9 Å². The van der Waals surface area contributed by atoms with Gasteiger partial charge in [-0.3, -0.25) is 14.2 Å². The molecule has 0 aliphatic heterocycles. The van der Waals surface area contributed by atoms with Crippen molar-refractivity contribution in [3.8, 4) is 0 Å². The van der Waals surface area contributed by atoms with Gasteiger partial charge >= 0.3 is 0 Å². The number of anilines is 3. The predicted molar refractivity (Wildman–Crippen MR) is 127 cm³/mol. The second-order valence-electron chi connectivity index (χ2n) is 7.50. The van der Waals surface area contributed by atoms with Gasteiger partial charge in [0.25, 0.3) is 5.56 Å². The number of carbonyl (C=O) groups excluding carboxylic acids is 1. The van der Waals surface area contributed by atoms with Crippen LogP contribution in [0.3, 0.4) is 0 Å². The molecule has 1 aromatic carbocycles. The first-order chi connectivity index (χ1) is 16.0. The molecule has 0 saturated carbocycles. The molecule has 0 unspecified atom stereocenters. The van der Waals surface area contributed by atoms with Crippen molar-refractivity contribution in [3.63, 3.8) is 0 Å². The Morgan fingerprint density at radius 2 is 1.79 bits per heavy atom. The Bertz CT molecular complexity index is 1350. The maximum absolute atomic E-state index is 12.5. The number of aryl methyl sites for hydroxylation is 2. The summed E-state index contributed by atoms with van der Waals surface area (Å²) in [6.07, 6.45) is 3.12. The molecule has 0 spiro atoms. The van der Waals surface area contributed by atoms with Crippen LogP contribution in [0.15, 0.2) is 59.8 Å². The highest BCUT2D eigenvalue weighted by atomic mass is 16.2. The van der Waals surface area contributed by atoms with Gasteiger partial charge in [-0.1, -0.05) is 12.1 Å². The summed E-state index contributed by atoms with van der Waals surface area (Å²) in [5.74, 6) is 2.27. The molecule has 4 aromatic rings. The molecule has 0 aliphatic rings. The van der Waals surface area contributed by atoms with Crippen LogP contribution in [0.25, 0.3) is 10.9 Å². The first kappa shape index (κ1) is 21.9. The minimum absolute atomic E-state index is 0.0964. The number of nitrogens with zero attached hydrogens (tertiary/aromatic N) is 5. The Labute approximate surface area is 190 Å². The van der Waals surface area contributed by atoms with E-state index in [0.29, 0.717) is 47.3 Å². The minimum Gasteiger partial charge on any atom is -0.368 e. The largest absolute Gasteiger partial charge is 0.368 e. The molecule has 0 radical (unpaired) electrons. The number of hydrogen-bond acceptors (Lipinski definition) is 8. The van der Waals surface area contributed by atoms with Crippen LogP contribution in [-0.2, 0) is 11.3 Å². The molecule has 33 heavy (non-hydrogen) atoms. The Kier molecular flexibility index (Phi) is 6.53. The highest BCUT2D eigenvalue weighted by molar-refractivity contribution is 5.78. The fourth-order valence-corrected chi connectivity index (χ4v) is 3.28. The van der Waals surface area contributed by atoms with Gasteiger partial charge in [0.2, 0.25) is 5.91 Å². The van der Waals surface area contributed by atoms with E-state index >= 15 is 0 Å². The van der Waals surface area contributed by atoms with E-state index in [1.54, 1.807) is 37.4 Å². The summed E-state index contributed by atoms with van der Waals surface area (Å²) in [5.41, 5.74) is 1.46. The summed E-state index contributed by atoms with van der Waals surface area (Å²) in [5, 5.41) is 9.62. The number of para-hydroxylation sites is 1. The number of fused-ring (bicyclic) bond motifs is 1. The zero-order chi connectivity index (χ0) is 23.2. The van der Waals surface area contributed by atoms with Crippen molar-refractivity contribution in [1.29, 1.82) is 0 Å². The van der Waals surface area contributed by atoms with Crippen LogP contribution >= 0.6 is 0 Å². The van der Waals surface area contributed by atoms with E-state index in [4.69, 9.17) is 0 Å². The van der Waals surface area contributed by atoms with Gasteiger partial charge in [0.1, 0.15) is 29.8 Å². The molecule has 0 bridgehead atoms. The highest BCUT2D eigenvalue weighted by Gasteiger charge is 2.08. The molecule has 3 aromatic heterocycles.